The molecule has 2 aromatic carbocycles. The van der Waals surface area contributed by atoms with E-state index in [1.165, 1.54) is 0 Å². The van der Waals surface area contributed by atoms with Gasteiger partial charge < -0.3 is 14.8 Å². The standard InChI is InChI=1S/C27H34N2O5/c1-8-27(9-2)23(31)29(25(32)28-21-15-10-17(3)16-18(21)4)24(27)33-20-13-11-19(12-14-20)22(30)34-26(5,6)7/h10-16,24H,8-9H2,1-7H3,(H,28,32). The van der Waals surface area contributed by atoms with Gasteiger partial charge in [-0.15, -0.1) is 0 Å². The number of nitrogens with one attached hydrogen (secondary N) is 1. The maximum absolute atomic E-state index is 13.1. The first-order valence-electron chi connectivity index (χ1n) is 11.6. The van der Waals surface area contributed by atoms with Crippen LogP contribution in [0.3, 0.4) is 0 Å². The van der Waals surface area contributed by atoms with Gasteiger partial charge in [-0.2, -0.15) is 0 Å². The number of carbonyl (C=O) groups is 3. The molecule has 0 bridgehead atoms. The first-order valence-corrected chi connectivity index (χ1v) is 11.6. The summed E-state index contributed by atoms with van der Waals surface area (Å²) in [5, 5.41) is 2.84. The van der Waals surface area contributed by atoms with Crippen LogP contribution in [0.2, 0.25) is 0 Å². The van der Waals surface area contributed by atoms with Crippen molar-refractivity contribution in [2.75, 3.05) is 5.32 Å². The molecular formula is C27H34N2O5. The molecule has 1 atom stereocenters. The van der Waals surface area contributed by atoms with Crippen LogP contribution in [0.5, 0.6) is 5.75 Å². The molecule has 0 aromatic heterocycles. The van der Waals surface area contributed by atoms with Crippen molar-refractivity contribution >= 4 is 23.6 Å². The zero-order chi connectivity index (χ0) is 25.3. The van der Waals surface area contributed by atoms with Gasteiger partial charge in [0.15, 0.2) is 6.23 Å². The molecule has 34 heavy (non-hydrogen) atoms. The number of carbonyl (C=O) groups excluding carboxylic acids is 3. The second-order valence-corrected chi connectivity index (χ2v) is 9.78. The van der Waals surface area contributed by atoms with E-state index in [-0.39, 0.29) is 5.91 Å². The van der Waals surface area contributed by atoms with Crippen molar-refractivity contribution in [1.29, 1.82) is 0 Å². The van der Waals surface area contributed by atoms with Crippen LogP contribution in [-0.4, -0.2) is 34.6 Å². The Kier molecular flexibility index (Phi) is 7.05. The lowest BCUT2D eigenvalue weighted by Gasteiger charge is -2.53. The lowest BCUT2D eigenvalue weighted by Crippen LogP contribution is -2.73. The van der Waals surface area contributed by atoms with E-state index < -0.39 is 29.2 Å². The number of ether oxygens (including phenoxy) is 2. The third-order valence-corrected chi connectivity index (χ3v) is 6.19. The van der Waals surface area contributed by atoms with Gasteiger partial charge in [0, 0.05) is 5.69 Å². The van der Waals surface area contributed by atoms with Crippen molar-refractivity contribution in [3.8, 4) is 5.75 Å². The number of likely N-dealkylation sites (tertiary alicyclic amines) is 1. The van der Waals surface area contributed by atoms with E-state index in [0.29, 0.717) is 29.8 Å². The van der Waals surface area contributed by atoms with Crippen LogP contribution in [0.15, 0.2) is 42.5 Å². The Balaban J connectivity index is 1.80. The van der Waals surface area contributed by atoms with Crippen molar-refractivity contribution in [2.45, 2.75) is 73.1 Å². The molecule has 2 aromatic rings. The van der Waals surface area contributed by atoms with Crippen LogP contribution in [0.1, 0.15) is 68.9 Å². The Morgan fingerprint density at radius 2 is 1.65 bits per heavy atom. The first kappa shape index (κ1) is 25.3. The Morgan fingerprint density at radius 1 is 1.03 bits per heavy atom. The number of anilines is 1. The lowest BCUT2D eigenvalue weighted by molar-refractivity contribution is -0.190. The number of β-lactam (4-membered cyclic amide) rings is 1. The summed E-state index contributed by atoms with van der Waals surface area (Å²) in [6, 6.07) is 11.7. The number of amides is 3. The number of imide groups is 1. The molecule has 1 heterocycles. The SMILES string of the molecule is CCC1(CC)C(=O)N(C(=O)Nc2ccc(C)cc2C)C1Oc1ccc(C(=O)OC(C)(C)C)cc1. The minimum atomic E-state index is -0.788. The van der Waals surface area contributed by atoms with Crippen molar-refractivity contribution in [1.82, 2.24) is 4.90 Å². The Hall–Kier alpha value is -3.35. The van der Waals surface area contributed by atoms with Crippen molar-refractivity contribution in [3.05, 3.63) is 59.2 Å². The third-order valence-electron chi connectivity index (χ3n) is 6.19. The van der Waals surface area contributed by atoms with Crippen molar-refractivity contribution < 1.29 is 23.9 Å². The zero-order valence-electron chi connectivity index (χ0n) is 21.0. The van der Waals surface area contributed by atoms with Crippen LogP contribution < -0.4 is 10.1 Å². The predicted octanol–water partition coefficient (Wildman–Crippen LogP) is 5.84. The van der Waals surface area contributed by atoms with Crippen LogP contribution in [-0.2, 0) is 9.53 Å². The maximum Gasteiger partial charge on any atom is 0.338 e. The number of benzene rings is 2. The minimum absolute atomic E-state index is 0.255. The number of urea groups is 1. The summed E-state index contributed by atoms with van der Waals surface area (Å²) in [7, 11) is 0. The number of hydrogen-bond donors (Lipinski definition) is 1. The number of nitrogens with zero attached hydrogens (tertiary/aromatic N) is 1. The van der Waals surface area contributed by atoms with E-state index in [0.717, 1.165) is 16.0 Å². The Morgan fingerprint density at radius 3 is 2.18 bits per heavy atom. The highest BCUT2D eigenvalue weighted by atomic mass is 16.6. The van der Waals surface area contributed by atoms with Crippen molar-refractivity contribution in [2.24, 2.45) is 5.41 Å². The fourth-order valence-electron chi connectivity index (χ4n) is 4.16. The second-order valence-electron chi connectivity index (χ2n) is 9.78. The molecule has 0 radical (unpaired) electrons. The monoisotopic (exact) mass is 466 g/mol. The Bertz CT molecular complexity index is 1080. The number of hydrogen-bond acceptors (Lipinski definition) is 5. The van der Waals surface area contributed by atoms with Gasteiger partial charge in [-0.05, 0) is 83.4 Å². The lowest BCUT2D eigenvalue weighted by atomic mass is 9.72. The molecule has 1 unspecified atom stereocenters. The van der Waals surface area contributed by atoms with Crippen LogP contribution in [0.25, 0.3) is 0 Å². The normalized spacial score (nSPS) is 17.1. The van der Waals surface area contributed by atoms with E-state index in [2.05, 4.69) is 5.32 Å². The molecule has 1 N–H and O–H groups in total. The van der Waals surface area contributed by atoms with Crippen LogP contribution in [0.4, 0.5) is 10.5 Å². The van der Waals surface area contributed by atoms with E-state index >= 15 is 0 Å². The maximum atomic E-state index is 13.1. The van der Waals surface area contributed by atoms with Gasteiger partial charge in [0.25, 0.3) is 0 Å². The largest absolute Gasteiger partial charge is 0.469 e. The molecule has 1 aliphatic rings. The fourth-order valence-corrected chi connectivity index (χ4v) is 4.16. The van der Waals surface area contributed by atoms with Crippen LogP contribution in [0, 0.1) is 19.3 Å². The number of rotatable bonds is 6. The second kappa shape index (κ2) is 9.49. The quantitative estimate of drug-likeness (QED) is 0.427. The van der Waals surface area contributed by atoms with Gasteiger partial charge in [-0.25, -0.2) is 14.5 Å². The van der Waals surface area contributed by atoms with Crippen LogP contribution >= 0.6 is 0 Å². The molecule has 0 spiro atoms. The highest BCUT2D eigenvalue weighted by Crippen LogP contribution is 2.46. The molecule has 3 rings (SSSR count). The summed E-state index contributed by atoms with van der Waals surface area (Å²) in [5.41, 5.74) is 1.66. The van der Waals surface area contributed by atoms with Gasteiger partial charge in [0.05, 0.1) is 5.56 Å². The topological polar surface area (TPSA) is 84.9 Å². The average Bonchev–Trinajstić information content (AvgIpc) is 2.76. The van der Waals surface area contributed by atoms with Gasteiger partial charge >= 0.3 is 12.0 Å². The number of aryl methyl sites for hydroxylation is 2. The molecule has 0 saturated carbocycles. The van der Waals surface area contributed by atoms with Gasteiger partial charge in [-0.3, -0.25) is 4.79 Å². The molecular weight excluding hydrogens is 432 g/mol. The molecule has 7 heteroatoms. The summed E-state index contributed by atoms with van der Waals surface area (Å²) in [6.07, 6.45) is 0.320. The van der Waals surface area contributed by atoms with E-state index in [9.17, 15) is 14.4 Å². The smallest absolute Gasteiger partial charge is 0.338 e. The summed E-state index contributed by atoms with van der Waals surface area (Å²) < 4.78 is 11.6. The highest BCUT2D eigenvalue weighted by Gasteiger charge is 2.63. The average molecular weight is 467 g/mol. The van der Waals surface area contributed by atoms with E-state index in [1.54, 1.807) is 24.3 Å². The molecule has 182 valence electrons. The fraction of sp³-hybridized carbons (Fsp3) is 0.444. The zero-order valence-corrected chi connectivity index (χ0v) is 21.0. The van der Waals surface area contributed by atoms with E-state index in [4.69, 9.17) is 9.47 Å². The third kappa shape index (κ3) is 4.93. The van der Waals surface area contributed by atoms with Gasteiger partial charge in [0.2, 0.25) is 5.91 Å². The number of esters is 1. The molecule has 1 aliphatic heterocycles. The summed E-state index contributed by atoms with van der Waals surface area (Å²) in [5.74, 6) is -0.223. The summed E-state index contributed by atoms with van der Waals surface area (Å²) >= 11 is 0. The predicted molar refractivity (Wildman–Crippen MR) is 131 cm³/mol. The molecule has 7 nitrogen and oxygen atoms in total. The highest BCUT2D eigenvalue weighted by molar-refractivity contribution is 6.08. The summed E-state index contributed by atoms with van der Waals surface area (Å²) in [6.45, 7) is 13.1. The Labute approximate surface area is 201 Å². The first-order chi connectivity index (χ1) is 15.9. The molecule has 1 fully saturated rings. The van der Waals surface area contributed by atoms with Gasteiger partial charge in [-0.1, -0.05) is 31.5 Å². The molecule has 3 amide bonds. The van der Waals surface area contributed by atoms with Crippen molar-refractivity contribution in [3.63, 3.8) is 0 Å². The molecule has 0 aliphatic carbocycles. The summed E-state index contributed by atoms with van der Waals surface area (Å²) in [4.78, 5) is 39.7. The van der Waals surface area contributed by atoms with E-state index in [1.807, 2.05) is 66.7 Å². The molecule has 1 saturated heterocycles. The minimum Gasteiger partial charge on any atom is -0.469 e. The van der Waals surface area contributed by atoms with Gasteiger partial charge in [0.1, 0.15) is 16.8 Å².